The normalized spacial score (nSPS) is 25.6. The first-order chi connectivity index (χ1) is 15.7. The molecule has 32 heavy (non-hydrogen) atoms. The molecule has 0 radical (unpaired) electrons. The average Bonchev–Trinajstić information content (AvgIpc) is 3.34. The van der Waals surface area contributed by atoms with Gasteiger partial charge in [-0.1, -0.05) is 54.6 Å². The average molecular weight is 428 g/mol. The summed E-state index contributed by atoms with van der Waals surface area (Å²) in [7, 11) is 1.59. The van der Waals surface area contributed by atoms with E-state index in [4.69, 9.17) is 10.5 Å². The highest BCUT2D eigenvalue weighted by atomic mass is 16.5. The van der Waals surface area contributed by atoms with Crippen LogP contribution >= 0.6 is 0 Å². The Kier molecular flexibility index (Phi) is 4.61. The van der Waals surface area contributed by atoms with Crippen molar-refractivity contribution in [2.75, 3.05) is 31.6 Å². The van der Waals surface area contributed by atoms with E-state index >= 15 is 0 Å². The molecule has 0 saturated carbocycles. The molecule has 0 spiro atoms. The number of fused-ring (bicyclic) bond motifs is 1. The van der Waals surface area contributed by atoms with Crippen LogP contribution in [-0.2, 0) is 21.6 Å². The molecule has 1 saturated heterocycles. The van der Waals surface area contributed by atoms with Gasteiger partial charge in [0.2, 0.25) is 0 Å². The van der Waals surface area contributed by atoms with Gasteiger partial charge in [0.1, 0.15) is 0 Å². The maximum absolute atomic E-state index is 13.6. The largest absolute Gasteiger partial charge is 0.362 e. The Balaban J connectivity index is 1.25. The van der Waals surface area contributed by atoms with E-state index < -0.39 is 5.60 Å². The molecule has 5 nitrogen and oxygen atoms in total. The molecular weight excluding hydrogens is 398 g/mol. The van der Waals surface area contributed by atoms with Crippen LogP contribution in [0, 0.1) is 0 Å². The second kappa shape index (κ2) is 7.41. The fraction of sp³-hybridized carbons (Fsp3) is 0.370. The number of hydrogen-bond acceptors (Lipinski definition) is 4. The van der Waals surface area contributed by atoms with Crippen molar-refractivity contribution < 1.29 is 9.53 Å². The molecule has 2 N–H and O–H groups in total. The number of amides is 1. The minimum absolute atomic E-state index is 0.0137. The number of benzene rings is 3. The summed E-state index contributed by atoms with van der Waals surface area (Å²) in [5, 5.41) is 2.79. The molecule has 0 bridgehead atoms. The Morgan fingerprint density at radius 1 is 1.03 bits per heavy atom. The first-order valence-corrected chi connectivity index (χ1v) is 11.6. The van der Waals surface area contributed by atoms with E-state index in [1.807, 2.05) is 29.2 Å². The summed E-state index contributed by atoms with van der Waals surface area (Å²) in [5.74, 6) is -0.0137. The van der Waals surface area contributed by atoms with Gasteiger partial charge in [-0.3, -0.25) is 9.69 Å². The molecule has 164 valence electrons. The van der Waals surface area contributed by atoms with Crippen molar-refractivity contribution in [3.63, 3.8) is 0 Å². The zero-order valence-electron chi connectivity index (χ0n) is 18.5. The van der Waals surface area contributed by atoms with Crippen molar-refractivity contribution in [3.8, 4) is 0 Å². The van der Waals surface area contributed by atoms with Crippen molar-refractivity contribution in [1.82, 2.24) is 4.90 Å². The third-order valence-corrected chi connectivity index (χ3v) is 7.90. The van der Waals surface area contributed by atoms with E-state index in [0.29, 0.717) is 6.04 Å². The molecule has 0 aromatic heterocycles. The van der Waals surface area contributed by atoms with Gasteiger partial charge in [-0.05, 0) is 47.2 Å². The Bertz CT molecular complexity index is 1190. The van der Waals surface area contributed by atoms with Crippen LogP contribution in [0.2, 0.25) is 0 Å². The fourth-order valence-corrected chi connectivity index (χ4v) is 6.28. The summed E-state index contributed by atoms with van der Waals surface area (Å²) in [5.41, 5.74) is 9.80. The summed E-state index contributed by atoms with van der Waals surface area (Å²) < 4.78 is 5.75. The summed E-state index contributed by atoms with van der Waals surface area (Å²) in [6, 6.07) is 21.9. The number of nitrogens with zero attached hydrogens (tertiary/aromatic N) is 2. The van der Waals surface area contributed by atoms with Crippen LogP contribution in [0.3, 0.4) is 0 Å². The van der Waals surface area contributed by atoms with Gasteiger partial charge >= 0.3 is 0 Å². The molecule has 2 heterocycles. The Morgan fingerprint density at radius 3 is 2.53 bits per heavy atom. The maximum Gasteiger partial charge on any atom is 0.265 e. The number of likely N-dealkylation sites (tertiary alicyclic amines) is 1. The Morgan fingerprint density at radius 2 is 1.78 bits per heavy atom. The number of nitrogens with two attached hydrogens (primary N) is 1. The summed E-state index contributed by atoms with van der Waals surface area (Å²) in [6.45, 7) is 2.11. The Hall–Kier alpha value is -2.73. The molecule has 3 aromatic rings. The first-order valence-electron chi connectivity index (χ1n) is 11.6. The summed E-state index contributed by atoms with van der Waals surface area (Å²) in [4.78, 5) is 18.2. The van der Waals surface area contributed by atoms with Crippen molar-refractivity contribution in [3.05, 3.63) is 77.4 Å². The van der Waals surface area contributed by atoms with Crippen LogP contribution < -0.4 is 10.6 Å². The van der Waals surface area contributed by atoms with E-state index in [1.165, 1.54) is 21.9 Å². The van der Waals surface area contributed by atoms with Crippen molar-refractivity contribution in [2.45, 2.75) is 36.9 Å². The molecule has 1 aliphatic carbocycles. The van der Waals surface area contributed by atoms with Gasteiger partial charge in [0, 0.05) is 44.4 Å². The number of para-hydroxylation sites is 1. The van der Waals surface area contributed by atoms with Crippen LogP contribution in [-0.4, -0.2) is 43.6 Å². The van der Waals surface area contributed by atoms with Gasteiger partial charge in [-0.25, -0.2) is 0 Å². The SMILES string of the molecule is COC1(CN)C(=O)N(C2CCN(C3Cc4cccc5cccc3c45)CC2)c2ccccc21. The van der Waals surface area contributed by atoms with Crippen LogP contribution in [0.4, 0.5) is 5.69 Å². The zero-order valence-corrected chi connectivity index (χ0v) is 18.5. The lowest BCUT2D eigenvalue weighted by atomic mass is 9.95. The quantitative estimate of drug-likeness (QED) is 0.689. The molecule has 1 fully saturated rings. The smallest absolute Gasteiger partial charge is 0.265 e. The highest BCUT2D eigenvalue weighted by Gasteiger charge is 2.52. The molecule has 2 unspecified atom stereocenters. The monoisotopic (exact) mass is 427 g/mol. The number of methoxy groups -OCH3 is 1. The number of carbonyl (C=O) groups excluding carboxylic acids is 1. The fourth-order valence-electron chi connectivity index (χ4n) is 6.28. The third kappa shape index (κ3) is 2.65. The Labute approximate surface area is 188 Å². The topological polar surface area (TPSA) is 58.8 Å². The highest BCUT2D eigenvalue weighted by Crippen LogP contribution is 2.45. The van der Waals surface area contributed by atoms with Crippen LogP contribution in [0.15, 0.2) is 60.7 Å². The predicted molar refractivity (Wildman–Crippen MR) is 127 cm³/mol. The molecule has 2 atom stereocenters. The van der Waals surface area contributed by atoms with Gasteiger partial charge in [0.05, 0.1) is 5.69 Å². The third-order valence-electron chi connectivity index (χ3n) is 7.90. The van der Waals surface area contributed by atoms with Crippen LogP contribution in [0.1, 0.15) is 35.6 Å². The van der Waals surface area contributed by atoms with E-state index in [1.54, 1.807) is 7.11 Å². The highest BCUT2D eigenvalue weighted by molar-refractivity contribution is 6.07. The lowest BCUT2D eigenvalue weighted by molar-refractivity contribution is -0.139. The number of piperidine rings is 1. The lowest BCUT2D eigenvalue weighted by Gasteiger charge is -2.40. The zero-order chi connectivity index (χ0) is 21.9. The number of ether oxygens (including phenoxy) is 1. The molecule has 2 aliphatic heterocycles. The first kappa shape index (κ1) is 19.9. The van der Waals surface area contributed by atoms with Crippen molar-refractivity contribution in [1.29, 1.82) is 0 Å². The van der Waals surface area contributed by atoms with Gasteiger partial charge < -0.3 is 15.4 Å². The van der Waals surface area contributed by atoms with E-state index in [9.17, 15) is 4.79 Å². The van der Waals surface area contributed by atoms with Crippen LogP contribution in [0.5, 0.6) is 0 Å². The number of rotatable bonds is 4. The van der Waals surface area contributed by atoms with Crippen molar-refractivity contribution in [2.24, 2.45) is 5.73 Å². The van der Waals surface area contributed by atoms with E-state index in [-0.39, 0.29) is 18.5 Å². The second-order valence-corrected chi connectivity index (χ2v) is 9.28. The standard InChI is InChI=1S/C27H29N3O2/c1-32-27(17-28)22-10-2-3-11-23(22)30(26(27)31)20-12-14-29(15-13-20)24-16-19-8-4-6-18-7-5-9-21(24)25(18)19/h2-11,20,24H,12-17,28H2,1H3. The summed E-state index contributed by atoms with van der Waals surface area (Å²) in [6.07, 6.45) is 2.98. The number of carbonyl (C=O) groups is 1. The molecule has 6 rings (SSSR count). The molecule has 3 aliphatic rings. The molecular formula is C27H29N3O2. The molecule has 1 amide bonds. The maximum atomic E-state index is 13.6. The van der Waals surface area contributed by atoms with Crippen molar-refractivity contribution >= 4 is 22.4 Å². The number of anilines is 1. The summed E-state index contributed by atoms with van der Waals surface area (Å²) >= 11 is 0. The minimum Gasteiger partial charge on any atom is -0.362 e. The van der Waals surface area contributed by atoms with Gasteiger partial charge in [0.15, 0.2) is 5.60 Å². The minimum atomic E-state index is -1.06. The molecule has 5 heteroatoms. The van der Waals surface area contributed by atoms with Gasteiger partial charge in [-0.15, -0.1) is 0 Å². The van der Waals surface area contributed by atoms with Gasteiger partial charge in [-0.2, -0.15) is 0 Å². The second-order valence-electron chi connectivity index (χ2n) is 9.28. The predicted octanol–water partition coefficient (Wildman–Crippen LogP) is 3.75. The lowest BCUT2D eigenvalue weighted by Crippen LogP contribution is -2.52. The van der Waals surface area contributed by atoms with E-state index in [2.05, 4.69) is 41.3 Å². The number of hydrogen-bond donors (Lipinski definition) is 1. The van der Waals surface area contributed by atoms with Gasteiger partial charge in [0.25, 0.3) is 5.91 Å². The molecule has 3 aromatic carbocycles. The van der Waals surface area contributed by atoms with Crippen LogP contribution in [0.25, 0.3) is 10.8 Å². The van der Waals surface area contributed by atoms with E-state index in [0.717, 1.165) is 43.6 Å².